The number of primary amides is 1. The van der Waals surface area contributed by atoms with Crippen molar-refractivity contribution < 1.29 is 24.2 Å². The second-order valence-corrected chi connectivity index (χ2v) is 3.49. The van der Waals surface area contributed by atoms with E-state index in [1.807, 2.05) is 0 Å². The van der Waals surface area contributed by atoms with E-state index in [0.717, 1.165) is 0 Å². The van der Waals surface area contributed by atoms with Gasteiger partial charge < -0.3 is 26.0 Å². The molecule has 1 aromatic rings. The Morgan fingerprint density at radius 2 is 2.06 bits per heavy atom. The van der Waals surface area contributed by atoms with Crippen LogP contribution in [0.25, 0.3) is 0 Å². The van der Waals surface area contributed by atoms with Gasteiger partial charge in [0.05, 0.1) is 7.11 Å². The lowest BCUT2D eigenvalue weighted by Crippen LogP contribution is -2.36. The smallest absolute Gasteiger partial charge is 0.324 e. The molecule has 98 valence electrons. The lowest BCUT2D eigenvalue weighted by Gasteiger charge is -2.13. The SMILES string of the molecule is COc1cc(C(N)=O)ccc1OCC(N)C(=O)O. The highest BCUT2D eigenvalue weighted by Gasteiger charge is 2.14. The lowest BCUT2D eigenvalue weighted by molar-refractivity contribution is -0.139. The van der Waals surface area contributed by atoms with Crippen molar-refractivity contribution in [1.82, 2.24) is 0 Å². The number of carboxylic acid groups (broad SMARTS) is 1. The molecule has 7 heteroatoms. The number of rotatable bonds is 6. The van der Waals surface area contributed by atoms with Crippen molar-refractivity contribution in [3.63, 3.8) is 0 Å². The summed E-state index contributed by atoms with van der Waals surface area (Å²) >= 11 is 0. The van der Waals surface area contributed by atoms with Crippen LogP contribution in [-0.4, -0.2) is 36.7 Å². The molecule has 1 amide bonds. The monoisotopic (exact) mass is 254 g/mol. The van der Waals surface area contributed by atoms with E-state index in [1.54, 1.807) is 0 Å². The molecule has 0 bridgehead atoms. The van der Waals surface area contributed by atoms with Crippen LogP contribution < -0.4 is 20.9 Å². The number of nitrogens with two attached hydrogens (primary N) is 2. The Hall–Kier alpha value is -2.28. The van der Waals surface area contributed by atoms with Gasteiger partial charge in [-0.1, -0.05) is 0 Å². The van der Waals surface area contributed by atoms with Crippen LogP contribution in [0.15, 0.2) is 18.2 Å². The number of methoxy groups -OCH3 is 1. The van der Waals surface area contributed by atoms with Crippen molar-refractivity contribution in [3.8, 4) is 11.5 Å². The van der Waals surface area contributed by atoms with E-state index in [-0.39, 0.29) is 17.9 Å². The number of carbonyl (C=O) groups excluding carboxylic acids is 1. The summed E-state index contributed by atoms with van der Waals surface area (Å²) in [6.07, 6.45) is 0. The summed E-state index contributed by atoms with van der Waals surface area (Å²) in [6, 6.07) is 3.19. The molecule has 7 nitrogen and oxygen atoms in total. The molecule has 0 saturated heterocycles. The van der Waals surface area contributed by atoms with Crippen LogP contribution in [0.3, 0.4) is 0 Å². The van der Waals surface area contributed by atoms with E-state index in [0.29, 0.717) is 5.75 Å². The van der Waals surface area contributed by atoms with Crippen LogP contribution >= 0.6 is 0 Å². The molecule has 1 atom stereocenters. The minimum atomic E-state index is -1.16. The number of amides is 1. The predicted octanol–water partition coefficient (Wildman–Crippen LogP) is -0.415. The third-order valence-electron chi connectivity index (χ3n) is 2.18. The number of carboxylic acids is 1. The molecule has 0 aliphatic heterocycles. The van der Waals surface area contributed by atoms with E-state index < -0.39 is 17.9 Å². The highest BCUT2D eigenvalue weighted by Crippen LogP contribution is 2.27. The van der Waals surface area contributed by atoms with Crippen molar-refractivity contribution in [1.29, 1.82) is 0 Å². The molecule has 0 saturated carbocycles. The molecule has 0 aliphatic carbocycles. The van der Waals surface area contributed by atoms with Crippen LogP contribution in [0, 0.1) is 0 Å². The normalized spacial score (nSPS) is 11.7. The summed E-state index contributed by atoms with van der Waals surface area (Å²) in [6.45, 7) is -0.207. The van der Waals surface area contributed by atoms with Crippen LogP contribution in [0.5, 0.6) is 11.5 Å². The average molecular weight is 254 g/mol. The number of carbonyl (C=O) groups is 2. The van der Waals surface area contributed by atoms with Crippen molar-refractivity contribution in [2.45, 2.75) is 6.04 Å². The molecule has 0 spiro atoms. The third kappa shape index (κ3) is 3.36. The molecule has 0 aliphatic rings. The van der Waals surface area contributed by atoms with Gasteiger partial charge in [0.2, 0.25) is 5.91 Å². The van der Waals surface area contributed by atoms with E-state index in [2.05, 4.69) is 0 Å². The molecule has 1 aromatic carbocycles. The van der Waals surface area contributed by atoms with Crippen LogP contribution in [0.1, 0.15) is 10.4 Å². The number of hydrogen-bond acceptors (Lipinski definition) is 5. The van der Waals surface area contributed by atoms with Gasteiger partial charge in [-0.2, -0.15) is 0 Å². The average Bonchev–Trinajstić information content (AvgIpc) is 2.35. The van der Waals surface area contributed by atoms with Crippen LogP contribution in [0.2, 0.25) is 0 Å². The summed E-state index contributed by atoms with van der Waals surface area (Å²) in [4.78, 5) is 21.5. The van der Waals surface area contributed by atoms with Crippen molar-refractivity contribution >= 4 is 11.9 Å². The molecule has 1 unspecified atom stereocenters. The van der Waals surface area contributed by atoms with Gasteiger partial charge in [-0.3, -0.25) is 9.59 Å². The fourth-order valence-electron chi connectivity index (χ4n) is 1.19. The van der Waals surface area contributed by atoms with Gasteiger partial charge in [0.15, 0.2) is 11.5 Å². The zero-order valence-corrected chi connectivity index (χ0v) is 9.75. The molecule has 0 heterocycles. The third-order valence-corrected chi connectivity index (χ3v) is 2.18. The van der Waals surface area contributed by atoms with Gasteiger partial charge in [0.1, 0.15) is 12.6 Å². The molecule has 1 rings (SSSR count). The summed E-state index contributed by atoms with van der Waals surface area (Å²) in [7, 11) is 1.39. The summed E-state index contributed by atoms with van der Waals surface area (Å²) in [5.41, 5.74) is 10.7. The lowest BCUT2D eigenvalue weighted by atomic mass is 10.2. The second kappa shape index (κ2) is 5.87. The first-order chi connectivity index (χ1) is 8.45. The van der Waals surface area contributed by atoms with Gasteiger partial charge in [-0.25, -0.2) is 0 Å². The number of benzene rings is 1. The molecular formula is C11H14N2O5. The molecule has 5 N–H and O–H groups in total. The van der Waals surface area contributed by atoms with E-state index >= 15 is 0 Å². The van der Waals surface area contributed by atoms with Crippen LogP contribution in [0.4, 0.5) is 0 Å². The Labute approximate surface area is 103 Å². The Bertz CT molecular complexity index is 461. The maximum atomic E-state index is 11.0. The zero-order chi connectivity index (χ0) is 13.7. The highest BCUT2D eigenvalue weighted by atomic mass is 16.5. The van der Waals surface area contributed by atoms with Crippen molar-refractivity contribution in [3.05, 3.63) is 23.8 Å². The second-order valence-electron chi connectivity index (χ2n) is 3.49. The standard InChI is InChI=1S/C11H14N2O5/c1-17-9-4-6(10(13)14)2-3-8(9)18-5-7(12)11(15)16/h2-4,7H,5,12H2,1H3,(H2,13,14)(H,15,16). The zero-order valence-electron chi connectivity index (χ0n) is 9.75. The van der Waals surface area contributed by atoms with E-state index in [1.165, 1.54) is 25.3 Å². The largest absolute Gasteiger partial charge is 0.493 e. The number of hydrogen-bond donors (Lipinski definition) is 3. The fraction of sp³-hybridized carbons (Fsp3) is 0.273. The Morgan fingerprint density at radius 1 is 1.39 bits per heavy atom. The first-order valence-corrected chi connectivity index (χ1v) is 5.04. The Morgan fingerprint density at radius 3 is 2.56 bits per heavy atom. The van der Waals surface area contributed by atoms with Crippen molar-refractivity contribution in [2.24, 2.45) is 11.5 Å². The molecule has 0 radical (unpaired) electrons. The molecular weight excluding hydrogens is 240 g/mol. The first kappa shape index (κ1) is 13.8. The van der Waals surface area contributed by atoms with Gasteiger partial charge in [0.25, 0.3) is 0 Å². The van der Waals surface area contributed by atoms with E-state index in [9.17, 15) is 9.59 Å². The summed E-state index contributed by atoms with van der Waals surface area (Å²) < 4.78 is 10.2. The topological polar surface area (TPSA) is 125 Å². The summed E-state index contributed by atoms with van der Waals surface area (Å²) in [5, 5.41) is 8.61. The minimum Gasteiger partial charge on any atom is -0.493 e. The predicted molar refractivity (Wildman–Crippen MR) is 62.6 cm³/mol. The Kier molecular flexibility index (Phi) is 4.50. The van der Waals surface area contributed by atoms with Crippen LogP contribution in [-0.2, 0) is 4.79 Å². The number of aliphatic carboxylic acids is 1. The van der Waals surface area contributed by atoms with Gasteiger partial charge in [-0.15, -0.1) is 0 Å². The Balaban J connectivity index is 2.83. The minimum absolute atomic E-state index is 0.207. The quantitative estimate of drug-likeness (QED) is 0.633. The maximum absolute atomic E-state index is 11.0. The molecule has 0 aromatic heterocycles. The summed E-state index contributed by atoms with van der Waals surface area (Å²) in [5.74, 6) is -1.19. The molecule has 18 heavy (non-hydrogen) atoms. The maximum Gasteiger partial charge on any atom is 0.324 e. The van der Waals surface area contributed by atoms with Crippen molar-refractivity contribution in [2.75, 3.05) is 13.7 Å². The van der Waals surface area contributed by atoms with Gasteiger partial charge >= 0.3 is 5.97 Å². The highest BCUT2D eigenvalue weighted by molar-refractivity contribution is 5.93. The molecule has 0 fully saturated rings. The van der Waals surface area contributed by atoms with E-state index in [4.69, 9.17) is 26.0 Å². The first-order valence-electron chi connectivity index (χ1n) is 5.04. The number of ether oxygens (including phenoxy) is 2. The van der Waals surface area contributed by atoms with Gasteiger partial charge in [-0.05, 0) is 18.2 Å². The fourth-order valence-corrected chi connectivity index (χ4v) is 1.19. The van der Waals surface area contributed by atoms with Gasteiger partial charge in [0, 0.05) is 5.56 Å².